The molecule has 2 aromatic carbocycles. The fourth-order valence-electron chi connectivity index (χ4n) is 4.48. The van der Waals surface area contributed by atoms with Crippen LogP contribution < -0.4 is 5.73 Å². The fraction of sp³-hybridized carbons (Fsp3) is 0.333. The molecule has 0 heterocycles. The number of sulfone groups is 1. The van der Waals surface area contributed by atoms with E-state index in [1.807, 2.05) is 12.1 Å². The highest BCUT2D eigenvalue weighted by Crippen LogP contribution is 2.68. The van der Waals surface area contributed by atoms with Gasteiger partial charge in [-0.25, -0.2) is 12.8 Å². The Morgan fingerprint density at radius 1 is 1.21 bits per heavy atom. The Morgan fingerprint density at radius 3 is 2.58 bits per heavy atom. The lowest BCUT2D eigenvalue weighted by Gasteiger charge is -2.26. The van der Waals surface area contributed by atoms with Gasteiger partial charge < -0.3 is 5.73 Å². The Balaban J connectivity index is 1.94. The van der Waals surface area contributed by atoms with E-state index in [9.17, 15) is 12.8 Å². The van der Waals surface area contributed by atoms with Gasteiger partial charge in [-0.3, -0.25) is 0 Å². The Morgan fingerprint density at radius 2 is 1.92 bits per heavy atom. The molecule has 3 atom stereocenters. The second-order valence-electron chi connectivity index (χ2n) is 6.54. The van der Waals surface area contributed by atoms with Gasteiger partial charge in [0, 0.05) is 9.49 Å². The lowest BCUT2D eigenvalue weighted by atomic mass is 9.91. The summed E-state index contributed by atoms with van der Waals surface area (Å²) in [5, 5.41) is 0. The van der Waals surface area contributed by atoms with Crippen molar-refractivity contribution in [1.29, 1.82) is 0 Å². The molecule has 2 aliphatic carbocycles. The van der Waals surface area contributed by atoms with E-state index in [0.717, 1.165) is 27.5 Å². The van der Waals surface area contributed by atoms with E-state index in [-0.39, 0.29) is 16.7 Å². The first-order valence-corrected chi connectivity index (χ1v) is 10.5. The summed E-state index contributed by atoms with van der Waals surface area (Å²) in [6.45, 7) is 0.344. The molecule has 24 heavy (non-hydrogen) atoms. The number of hydrogen-bond acceptors (Lipinski definition) is 3. The zero-order chi connectivity index (χ0) is 17.1. The van der Waals surface area contributed by atoms with E-state index < -0.39 is 20.4 Å². The zero-order valence-corrected chi connectivity index (χ0v) is 15.8. The van der Waals surface area contributed by atoms with Crippen molar-refractivity contribution in [3.05, 3.63) is 63.0 Å². The number of nitrogens with two attached hydrogens (primary N) is 1. The lowest BCUT2D eigenvalue weighted by Crippen LogP contribution is -2.30. The van der Waals surface area contributed by atoms with Crippen LogP contribution in [0, 0.1) is 21.2 Å². The van der Waals surface area contributed by atoms with Gasteiger partial charge in [0.15, 0.2) is 9.84 Å². The average molecular weight is 457 g/mol. The number of aryl methyl sites for hydroxylation is 1. The van der Waals surface area contributed by atoms with Crippen LogP contribution in [0.25, 0.3) is 0 Å². The SMILES string of the molecule is NCC1C2CCc3cc(I)ccc3C12S(=O)(=O)c1ccc(F)cc1. The van der Waals surface area contributed by atoms with Gasteiger partial charge in [0.25, 0.3) is 0 Å². The van der Waals surface area contributed by atoms with E-state index in [0.29, 0.717) is 6.54 Å². The summed E-state index contributed by atoms with van der Waals surface area (Å²) in [5.41, 5.74) is 7.92. The molecular formula is C18H17FINO2S. The van der Waals surface area contributed by atoms with E-state index in [2.05, 4.69) is 28.7 Å². The van der Waals surface area contributed by atoms with E-state index >= 15 is 0 Å². The van der Waals surface area contributed by atoms with Gasteiger partial charge in [-0.2, -0.15) is 0 Å². The summed E-state index contributed by atoms with van der Waals surface area (Å²) < 4.78 is 40.4. The predicted octanol–water partition coefficient (Wildman–Crippen LogP) is 3.25. The van der Waals surface area contributed by atoms with Gasteiger partial charge in [-0.05, 0) is 95.4 Å². The van der Waals surface area contributed by atoms with Crippen molar-refractivity contribution in [3.8, 4) is 0 Å². The molecule has 2 aromatic rings. The first-order chi connectivity index (χ1) is 11.4. The number of hydrogen-bond donors (Lipinski definition) is 1. The van der Waals surface area contributed by atoms with Gasteiger partial charge in [0.05, 0.1) is 4.90 Å². The van der Waals surface area contributed by atoms with Crippen molar-refractivity contribution in [2.24, 2.45) is 17.6 Å². The van der Waals surface area contributed by atoms with Crippen LogP contribution in [0.3, 0.4) is 0 Å². The predicted molar refractivity (Wildman–Crippen MR) is 98.8 cm³/mol. The van der Waals surface area contributed by atoms with Crippen molar-refractivity contribution in [2.45, 2.75) is 22.5 Å². The minimum Gasteiger partial charge on any atom is -0.330 e. The van der Waals surface area contributed by atoms with E-state index in [4.69, 9.17) is 5.73 Å². The maximum absolute atomic E-state index is 13.5. The highest BCUT2D eigenvalue weighted by molar-refractivity contribution is 14.1. The van der Waals surface area contributed by atoms with Gasteiger partial charge >= 0.3 is 0 Å². The molecule has 0 aliphatic heterocycles. The number of fused-ring (bicyclic) bond motifs is 3. The molecule has 3 unspecified atom stereocenters. The van der Waals surface area contributed by atoms with Crippen molar-refractivity contribution in [2.75, 3.05) is 6.54 Å². The molecule has 6 heteroatoms. The molecule has 0 bridgehead atoms. The van der Waals surface area contributed by atoms with Crippen molar-refractivity contribution in [3.63, 3.8) is 0 Å². The molecule has 126 valence electrons. The summed E-state index contributed by atoms with van der Waals surface area (Å²) in [5.74, 6) is -0.466. The molecule has 1 fully saturated rings. The van der Waals surface area contributed by atoms with E-state index in [1.165, 1.54) is 24.3 Å². The molecule has 0 amide bonds. The van der Waals surface area contributed by atoms with Crippen LogP contribution in [0.4, 0.5) is 4.39 Å². The van der Waals surface area contributed by atoms with E-state index in [1.54, 1.807) is 0 Å². The minimum atomic E-state index is -3.64. The average Bonchev–Trinajstić information content (AvgIpc) is 3.25. The van der Waals surface area contributed by atoms with Crippen LogP contribution in [0.1, 0.15) is 17.5 Å². The zero-order valence-electron chi connectivity index (χ0n) is 12.9. The molecule has 2 aliphatic rings. The van der Waals surface area contributed by atoms with Crippen LogP contribution >= 0.6 is 22.6 Å². The van der Waals surface area contributed by atoms with Gasteiger partial charge in [-0.15, -0.1) is 0 Å². The standard InChI is InChI=1S/C18H17FINO2S/c19-12-2-5-14(6-3-12)24(22,23)18-15-8-4-13(20)9-11(15)1-7-16(18)17(18)10-21/h2-6,8-9,16-17H,1,7,10,21H2. The molecule has 1 saturated carbocycles. The van der Waals surface area contributed by atoms with Crippen LogP contribution in [0.15, 0.2) is 47.4 Å². The Bertz CT molecular complexity index is 907. The molecule has 0 saturated heterocycles. The normalized spacial score (nSPS) is 28.1. The monoisotopic (exact) mass is 457 g/mol. The summed E-state index contributed by atoms with van der Waals surface area (Å²) in [7, 11) is -3.64. The minimum absolute atomic E-state index is 0.0464. The second kappa shape index (κ2) is 5.51. The lowest BCUT2D eigenvalue weighted by molar-refractivity contribution is 0.553. The summed E-state index contributed by atoms with van der Waals surface area (Å²) in [6, 6.07) is 11.1. The molecule has 3 nitrogen and oxygen atoms in total. The molecule has 0 radical (unpaired) electrons. The quantitative estimate of drug-likeness (QED) is 0.569. The molecule has 0 spiro atoms. The molecule has 4 rings (SSSR count). The van der Waals surface area contributed by atoms with Gasteiger partial charge in [0.1, 0.15) is 10.6 Å². The number of rotatable bonds is 3. The second-order valence-corrected chi connectivity index (χ2v) is 9.94. The summed E-state index contributed by atoms with van der Waals surface area (Å²) in [4.78, 5) is 0.177. The maximum atomic E-state index is 13.5. The maximum Gasteiger partial charge on any atom is 0.188 e. The third-order valence-corrected chi connectivity index (χ3v) is 8.79. The molecular weight excluding hydrogens is 440 g/mol. The number of benzene rings is 2. The van der Waals surface area contributed by atoms with Crippen LogP contribution in [0.2, 0.25) is 0 Å². The smallest absolute Gasteiger partial charge is 0.188 e. The van der Waals surface area contributed by atoms with Gasteiger partial charge in [-0.1, -0.05) is 6.07 Å². The van der Waals surface area contributed by atoms with Crippen molar-refractivity contribution in [1.82, 2.24) is 0 Å². The Labute approximate surface area is 154 Å². The third kappa shape index (κ3) is 2.05. The fourth-order valence-corrected chi connectivity index (χ4v) is 7.68. The van der Waals surface area contributed by atoms with Gasteiger partial charge in [0.2, 0.25) is 0 Å². The highest BCUT2D eigenvalue weighted by atomic mass is 127. The van der Waals surface area contributed by atoms with Crippen molar-refractivity contribution < 1.29 is 12.8 Å². The Hall–Kier alpha value is -0.990. The van der Waals surface area contributed by atoms with Crippen molar-refractivity contribution >= 4 is 32.4 Å². The largest absolute Gasteiger partial charge is 0.330 e. The topological polar surface area (TPSA) is 60.2 Å². The number of halogens is 2. The first kappa shape index (κ1) is 16.5. The van der Waals surface area contributed by atoms with Crippen LogP contribution in [-0.4, -0.2) is 15.0 Å². The summed E-state index contributed by atoms with van der Waals surface area (Å²) in [6.07, 6.45) is 1.71. The van der Waals surface area contributed by atoms with Crippen LogP contribution in [-0.2, 0) is 21.0 Å². The first-order valence-electron chi connectivity index (χ1n) is 7.92. The summed E-state index contributed by atoms with van der Waals surface area (Å²) >= 11 is 2.25. The van der Waals surface area contributed by atoms with Crippen LogP contribution in [0.5, 0.6) is 0 Å². The third-order valence-electron chi connectivity index (χ3n) is 5.51. The molecule has 0 aromatic heterocycles. The molecule has 2 N–H and O–H groups in total. The Kier molecular flexibility index (Phi) is 3.78. The highest BCUT2D eigenvalue weighted by Gasteiger charge is 2.73.